The highest BCUT2D eigenvalue weighted by Crippen LogP contribution is 2.41. The summed E-state index contributed by atoms with van der Waals surface area (Å²) in [5, 5.41) is 4.80. The summed E-state index contributed by atoms with van der Waals surface area (Å²) in [6.45, 7) is 29.5. The Hall–Kier alpha value is -2.35. The van der Waals surface area contributed by atoms with Crippen LogP contribution in [0.15, 0.2) is 87.9 Å². The van der Waals surface area contributed by atoms with Gasteiger partial charge in [-0.3, -0.25) is 0 Å². The van der Waals surface area contributed by atoms with Crippen molar-refractivity contribution in [1.29, 1.82) is 0 Å². The fourth-order valence-corrected chi connectivity index (χ4v) is 8.60. The Morgan fingerprint density at radius 2 is 1.55 bits per heavy atom. The minimum atomic E-state index is -3.94. The number of ether oxygens (including phenoxy) is 1. The molecule has 1 aliphatic rings. The van der Waals surface area contributed by atoms with Crippen molar-refractivity contribution in [1.82, 2.24) is 4.83 Å². The molecule has 3 atom stereocenters. The van der Waals surface area contributed by atoms with Crippen LogP contribution in [0.1, 0.15) is 92.2 Å². The molecule has 51 heavy (non-hydrogen) atoms. The van der Waals surface area contributed by atoms with Crippen LogP contribution >= 0.6 is 0 Å². The number of hydrogen-bond donors (Lipinski definition) is 1. The van der Waals surface area contributed by atoms with E-state index >= 15 is 0 Å². The van der Waals surface area contributed by atoms with Crippen LogP contribution in [0.5, 0.6) is 0 Å². The van der Waals surface area contributed by atoms with Crippen molar-refractivity contribution in [2.45, 2.75) is 148 Å². The molecule has 284 valence electrons. The zero-order chi connectivity index (χ0) is 38.3. The van der Waals surface area contributed by atoms with E-state index in [1.165, 1.54) is 5.57 Å². The SMILES string of the molecule is C/C(=C\C(=N/NS(=O)(=O)c1ccc(C)cc1)[C@H](OCc1ccccc1)[C@H](C)/C=C1/CCCC[C@H]1O[Si](C)(C)C(C)(C)C)CO[Si](C)(C)C(C)(C)C. The first-order valence-corrected chi connectivity index (χ1v) is 25.8. The number of nitrogens with zero attached hydrogens (tertiary/aromatic N) is 1. The number of aryl methyl sites for hydroxylation is 1. The summed E-state index contributed by atoms with van der Waals surface area (Å²) in [5.41, 5.74) is 4.75. The molecule has 0 radical (unpaired) electrons. The van der Waals surface area contributed by atoms with Crippen molar-refractivity contribution < 1.29 is 22.0 Å². The van der Waals surface area contributed by atoms with E-state index in [0.717, 1.165) is 42.4 Å². The normalized spacial score (nSPS) is 19.2. The highest BCUT2D eigenvalue weighted by atomic mass is 32.2. The third-order valence-corrected chi connectivity index (χ3v) is 21.0. The van der Waals surface area contributed by atoms with E-state index in [-0.39, 0.29) is 27.0 Å². The van der Waals surface area contributed by atoms with Crippen LogP contribution in [0.2, 0.25) is 36.3 Å². The van der Waals surface area contributed by atoms with Gasteiger partial charge in [-0.15, -0.1) is 0 Å². The van der Waals surface area contributed by atoms with E-state index in [1.807, 2.05) is 50.3 Å². The van der Waals surface area contributed by atoms with Crippen molar-refractivity contribution in [2.24, 2.45) is 11.0 Å². The first kappa shape index (κ1) is 43.1. The maximum atomic E-state index is 13.5. The van der Waals surface area contributed by atoms with E-state index in [4.69, 9.17) is 13.6 Å². The number of nitrogens with one attached hydrogen (secondary N) is 1. The van der Waals surface area contributed by atoms with Gasteiger partial charge in [0.25, 0.3) is 10.0 Å². The molecule has 0 amide bonds. The molecule has 0 aromatic heterocycles. The van der Waals surface area contributed by atoms with Gasteiger partial charge in [0.15, 0.2) is 16.6 Å². The summed E-state index contributed by atoms with van der Waals surface area (Å²) in [7, 11) is -7.99. The molecule has 10 heteroatoms. The third kappa shape index (κ3) is 12.6. The molecule has 0 spiro atoms. The molecule has 2 aromatic carbocycles. The molecule has 7 nitrogen and oxygen atoms in total. The zero-order valence-electron chi connectivity index (χ0n) is 33.7. The molecule has 0 bridgehead atoms. The topological polar surface area (TPSA) is 86.2 Å². The molecule has 1 saturated carbocycles. The Labute approximate surface area is 312 Å². The molecule has 0 unspecified atom stereocenters. The van der Waals surface area contributed by atoms with Gasteiger partial charge >= 0.3 is 0 Å². The van der Waals surface area contributed by atoms with Gasteiger partial charge in [-0.1, -0.05) is 109 Å². The van der Waals surface area contributed by atoms with Crippen LogP contribution in [-0.2, 0) is 30.2 Å². The summed E-state index contributed by atoms with van der Waals surface area (Å²) >= 11 is 0. The van der Waals surface area contributed by atoms with Gasteiger partial charge in [0.05, 0.1) is 29.9 Å². The van der Waals surface area contributed by atoms with Crippen LogP contribution in [0.25, 0.3) is 0 Å². The average Bonchev–Trinajstić information content (AvgIpc) is 3.03. The van der Waals surface area contributed by atoms with Gasteiger partial charge in [-0.05, 0) is 104 Å². The fourth-order valence-electron chi connectivity index (χ4n) is 5.42. The van der Waals surface area contributed by atoms with Gasteiger partial charge in [-0.25, -0.2) is 0 Å². The Bertz CT molecular complexity index is 1620. The van der Waals surface area contributed by atoms with Crippen molar-refractivity contribution in [2.75, 3.05) is 6.61 Å². The molecule has 0 saturated heterocycles. The second-order valence-corrected chi connectivity index (χ2v) is 28.6. The van der Waals surface area contributed by atoms with Gasteiger partial charge in [0.2, 0.25) is 0 Å². The summed E-state index contributed by atoms with van der Waals surface area (Å²) in [5.74, 6) is -0.139. The highest BCUT2D eigenvalue weighted by Gasteiger charge is 2.40. The minimum absolute atomic E-state index is 0.0545. The third-order valence-electron chi connectivity index (χ3n) is 10.8. The monoisotopic (exact) mass is 754 g/mol. The van der Waals surface area contributed by atoms with Gasteiger partial charge < -0.3 is 13.6 Å². The van der Waals surface area contributed by atoms with Crippen molar-refractivity contribution in [3.05, 3.63) is 89.0 Å². The lowest BCUT2D eigenvalue weighted by molar-refractivity contribution is 0.0624. The van der Waals surface area contributed by atoms with E-state index in [2.05, 4.69) is 90.7 Å². The Kier molecular flexibility index (Phi) is 14.9. The lowest BCUT2D eigenvalue weighted by Gasteiger charge is -2.41. The highest BCUT2D eigenvalue weighted by molar-refractivity contribution is 7.89. The van der Waals surface area contributed by atoms with Crippen molar-refractivity contribution >= 4 is 32.4 Å². The maximum absolute atomic E-state index is 13.5. The van der Waals surface area contributed by atoms with Crippen LogP contribution in [0, 0.1) is 12.8 Å². The first-order chi connectivity index (χ1) is 23.5. The van der Waals surface area contributed by atoms with Crippen LogP contribution in [0.3, 0.4) is 0 Å². The van der Waals surface area contributed by atoms with E-state index in [0.29, 0.717) is 18.9 Å². The van der Waals surface area contributed by atoms with Crippen LogP contribution in [0.4, 0.5) is 0 Å². The Morgan fingerprint density at radius 3 is 2.14 bits per heavy atom. The molecule has 1 N–H and O–H groups in total. The Morgan fingerprint density at radius 1 is 0.941 bits per heavy atom. The summed E-state index contributed by atoms with van der Waals surface area (Å²) in [4.78, 5) is 2.71. The second kappa shape index (κ2) is 17.7. The van der Waals surface area contributed by atoms with Crippen molar-refractivity contribution in [3.8, 4) is 0 Å². The standard InChI is InChI=1S/C41H66N2O5SSi2/c1-31-23-25-36(26-24-31)49(44,45)43-42-37(27-32(2)29-47-50(10,11)40(4,5)6)39(46-30-34-19-15-14-16-20-34)33(3)28-35-21-17-18-22-38(35)48-51(12,13)41(7,8)9/h14-16,19-20,23-28,33,38-39,43H,17-18,21-22,29-30H2,1-13H3/b32-27+,35-28-,42-37+/t33-,38-,39-/m1/s1. The summed E-state index contributed by atoms with van der Waals surface area (Å²) < 4.78 is 47.4. The predicted molar refractivity (Wildman–Crippen MR) is 219 cm³/mol. The first-order valence-electron chi connectivity index (χ1n) is 18.5. The molecule has 1 fully saturated rings. The molecular weight excluding hydrogens is 689 g/mol. The zero-order valence-corrected chi connectivity index (χ0v) is 36.5. The number of hydrazone groups is 1. The molecule has 0 heterocycles. The lowest BCUT2D eigenvalue weighted by atomic mass is 9.87. The molecule has 0 aliphatic heterocycles. The molecule has 1 aliphatic carbocycles. The van der Waals surface area contributed by atoms with Gasteiger partial charge in [0.1, 0.15) is 6.10 Å². The van der Waals surface area contributed by atoms with Crippen LogP contribution < -0.4 is 4.83 Å². The minimum Gasteiger partial charge on any atom is -0.413 e. The fraction of sp³-hybridized carbons (Fsp3) is 0.585. The molecule has 2 aromatic rings. The summed E-state index contributed by atoms with van der Waals surface area (Å²) in [6.07, 6.45) is 7.99. The largest absolute Gasteiger partial charge is 0.413 e. The van der Waals surface area contributed by atoms with E-state index in [9.17, 15) is 8.42 Å². The lowest BCUT2D eigenvalue weighted by Crippen LogP contribution is -2.45. The number of rotatable bonds is 15. The van der Waals surface area contributed by atoms with Crippen molar-refractivity contribution in [3.63, 3.8) is 0 Å². The number of benzene rings is 2. The number of sulfonamides is 1. The molecule has 3 rings (SSSR count). The van der Waals surface area contributed by atoms with Crippen LogP contribution in [-0.4, -0.2) is 49.6 Å². The number of hydrogen-bond acceptors (Lipinski definition) is 6. The summed E-state index contributed by atoms with van der Waals surface area (Å²) in [6, 6.07) is 16.8. The van der Waals surface area contributed by atoms with E-state index < -0.39 is 32.8 Å². The van der Waals surface area contributed by atoms with E-state index in [1.54, 1.807) is 24.3 Å². The predicted octanol–water partition coefficient (Wildman–Crippen LogP) is 10.7. The Balaban J connectivity index is 2.10. The van der Waals surface area contributed by atoms with Gasteiger partial charge in [-0.2, -0.15) is 18.4 Å². The quantitative estimate of drug-likeness (QED) is 0.0847. The maximum Gasteiger partial charge on any atom is 0.276 e. The average molecular weight is 755 g/mol. The smallest absolute Gasteiger partial charge is 0.276 e. The molecular formula is C41H66N2O5SSi2. The second-order valence-electron chi connectivity index (χ2n) is 17.4. The van der Waals surface area contributed by atoms with Gasteiger partial charge in [0, 0.05) is 5.92 Å².